The number of thiazole rings is 1. The number of fused-ring (bicyclic) bond motifs is 2. The minimum Gasteiger partial charge on any atom is -0.490 e. The first kappa shape index (κ1) is 30.6. The number of benzene rings is 4. The molecule has 0 bridgehead atoms. The van der Waals surface area contributed by atoms with Gasteiger partial charge in [0.1, 0.15) is 6.61 Å². The summed E-state index contributed by atoms with van der Waals surface area (Å²) < 4.78 is 20.6. The predicted octanol–water partition coefficient (Wildman–Crippen LogP) is 6.69. The van der Waals surface area contributed by atoms with Gasteiger partial charge >= 0.3 is 5.97 Å². The van der Waals surface area contributed by atoms with Gasteiger partial charge in [0, 0.05) is 4.47 Å². The van der Waals surface area contributed by atoms with Gasteiger partial charge < -0.3 is 14.2 Å². The van der Waals surface area contributed by atoms with Gasteiger partial charge in [-0.2, -0.15) is 0 Å². The van der Waals surface area contributed by atoms with Crippen molar-refractivity contribution < 1.29 is 19.0 Å². The van der Waals surface area contributed by atoms with Crippen molar-refractivity contribution in [2.75, 3.05) is 13.2 Å². The summed E-state index contributed by atoms with van der Waals surface area (Å²) in [6.07, 6.45) is 1.82. The van der Waals surface area contributed by atoms with E-state index in [2.05, 4.69) is 45.2 Å². The number of esters is 1. The molecule has 0 N–H and O–H groups in total. The van der Waals surface area contributed by atoms with E-state index >= 15 is 0 Å². The predicted molar refractivity (Wildman–Crippen MR) is 180 cm³/mol. The SMILES string of the molecule is CCOC(=O)C1=C(C)N=c2s/c(=C\c3ccc(OCc4cccc5ccccc45)c(OCC)c3)c(=O)n2[C@@H]1c1ccc(Br)cc1. The number of ether oxygens (including phenoxy) is 3. The lowest BCUT2D eigenvalue weighted by Gasteiger charge is -2.24. The zero-order valence-electron chi connectivity index (χ0n) is 25.1. The number of carbonyl (C=O) groups is 1. The van der Waals surface area contributed by atoms with Crippen molar-refractivity contribution in [1.82, 2.24) is 4.57 Å². The molecular weight excluding hydrogens is 652 g/mol. The van der Waals surface area contributed by atoms with Crippen LogP contribution in [0.3, 0.4) is 0 Å². The van der Waals surface area contributed by atoms with Crippen molar-refractivity contribution in [3.63, 3.8) is 0 Å². The van der Waals surface area contributed by atoms with Gasteiger partial charge in [-0.25, -0.2) is 9.79 Å². The van der Waals surface area contributed by atoms with Crippen molar-refractivity contribution in [2.45, 2.75) is 33.4 Å². The van der Waals surface area contributed by atoms with Crippen molar-refractivity contribution in [2.24, 2.45) is 4.99 Å². The van der Waals surface area contributed by atoms with E-state index in [-0.39, 0.29) is 12.2 Å². The van der Waals surface area contributed by atoms with Crippen LogP contribution >= 0.6 is 27.3 Å². The maximum Gasteiger partial charge on any atom is 0.338 e. The molecule has 0 aliphatic carbocycles. The maximum atomic E-state index is 14.0. The number of hydrogen-bond donors (Lipinski definition) is 0. The Hall–Kier alpha value is -4.47. The highest BCUT2D eigenvalue weighted by Crippen LogP contribution is 2.32. The molecule has 1 aliphatic heterocycles. The highest BCUT2D eigenvalue weighted by Gasteiger charge is 2.33. The second-order valence-corrected chi connectivity index (χ2v) is 12.3. The van der Waals surface area contributed by atoms with E-state index in [1.165, 1.54) is 11.3 Å². The van der Waals surface area contributed by atoms with Crippen LogP contribution in [0.25, 0.3) is 16.8 Å². The number of halogens is 1. The van der Waals surface area contributed by atoms with Crippen LogP contribution in [0.1, 0.15) is 43.5 Å². The molecule has 45 heavy (non-hydrogen) atoms. The molecule has 6 rings (SSSR count). The van der Waals surface area contributed by atoms with Gasteiger partial charge in [0.15, 0.2) is 16.3 Å². The minimum absolute atomic E-state index is 0.219. The molecule has 0 saturated carbocycles. The molecule has 0 saturated heterocycles. The molecule has 1 aliphatic rings. The van der Waals surface area contributed by atoms with Gasteiger partial charge in [-0.05, 0) is 78.6 Å². The van der Waals surface area contributed by atoms with E-state index in [1.54, 1.807) is 18.4 Å². The van der Waals surface area contributed by atoms with Crippen molar-refractivity contribution in [3.8, 4) is 11.5 Å². The number of nitrogens with zero attached hydrogens (tertiary/aromatic N) is 2. The fraction of sp³-hybridized carbons (Fsp3) is 0.194. The number of rotatable bonds is 9. The summed E-state index contributed by atoms with van der Waals surface area (Å²) in [5.41, 5.74) is 3.29. The van der Waals surface area contributed by atoms with Crippen LogP contribution in [0.5, 0.6) is 11.5 Å². The number of carbonyl (C=O) groups excluding carboxylic acids is 1. The van der Waals surface area contributed by atoms with E-state index in [9.17, 15) is 9.59 Å². The largest absolute Gasteiger partial charge is 0.490 e. The van der Waals surface area contributed by atoms with Gasteiger partial charge in [0.05, 0.1) is 35.1 Å². The molecule has 7 nitrogen and oxygen atoms in total. The normalized spacial score (nSPS) is 14.7. The fourth-order valence-electron chi connectivity index (χ4n) is 5.48. The van der Waals surface area contributed by atoms with Crippen LogP contribution in [-0.4, -0.2) is 23.8 Å². The van der Waals surface area contributed by atoms with Gasteiger partial charge in [0.25, 0.3) is 5.56 Å². The summed E-state index contributed by atoms with van der Waals surface area (Å²) in [4.78, 5) is 32.3. The Balaban J connectivity index is 1.37. The summed E-state index contributed by atoms with van der Waals surface area (Å²) in [6.45, 7) is 6.52. The Labute approximate surface area is 272 Å². The van der Waals surface area contributed by atoms with Gasteiger partial charge in [-0.1, -0.05) is 87.9 Å². The average Bonchev–Trinajstić information content (AvgIpc) is 3.34. The summed E-state index contributed by atoms with van der Waals surface area (Å²) in [5, 5.41) is 2.31. The Bertz CT molecular complexity index is 2110. The first-order valence-electron chi connectivity index (χ1n) is 14.7. The molecule has 0 spiro atoms. The monoisotopic (exact) mass is 682 g/mol. The highest BCUT2D eigenvalue weighted by molar-refractivity contribution is 9.10. The third-order valence-corrected chi connectivity index (χ3v) is 9.04. The highest BCUT2D eigenvalue weighted by atomic mass is 79.9. The van der Waals surface area contributed by atoms with Crippen LogP contribution in [0.2, 0.25) is 0 Å². The Morgan fingerprint density at radius 3 is 2.51 bits per heavy atom. The van der Waals surface area contributed by atoms with Gasteiger partial charge in [0.2, 0.25) is 0 Å². The Morgan fingerprint density at radius 1 is 0.956 bits per heavy atom. The molecule has 4 aromatic carbocycles. The Morgan fingerprint density at radius 2 is 1.73 bits per heavy atom. The second kappa shape index (κ2) is 13.3. The lowest BCUT2D eigenvalue weighted by molar-refractivity contribution is -0.139. The number of hydrogen-bond acceptors (Lipinski definition) is 7. The first-order chi connectivity index (χ1) is 21.9. The first-order valence-corrected chi connectivity index (χ1v) is 16.3. The van der Waals surface area contributed by atoms with Gasteiger partial charge in [-0.15, -0.1) is 0 Å². The summed E-state index contributed by atoms with van der Waals surface area (Å²) >= 11 is 4.76. The molecule has 1 aromatic heterocycles. The smallest absolute Gasteiger partial charge is 0.338 e. The molecule has 1 atom stereocenters. The molecule has 2 heterocycles. The molecule has 9 heteroatoms. The molecule has 0 amide bonds. The fourth-order valence-corrected chi connectivity index (χ4v) is 6.79. The van der Waals surface area contributed by atoms with Crippen molar-refractivity contribution in [3.05, 3.63) is 137 Å². The number of aromatic nitrogens is 1. The van der Waals surface area contributed by atoms with E-state index in [0.717, 1.165) is 31.9 Å². The van der Waals surface area contributed by atoms with E-state index in [4.69, 9.17) is 14.2 Å². The van der Waals surface area contributed by atoms with Crippen LogP contribution in [0.4, 0.5) is 0 Å². The Kier molecular flexibility index (Phi) is 9.00. The number of allylic oxidation sites excluding steroid dienone is 1. The van der Waals surface area contributed by atoms with E-state index < -0.39 is 12.0 Å². The summed E-state index contributed by atoms with van der Waals surface area (Å²) in [7, 11) is 0. The standard InChI is InChI=1S/C36H31BrN2O5S/c1-4-42-30-19-23(13-18-29(30)44-21-26-11-8-10-24-9-6-7-12-28(24)26)20-31-34(40)39-33(25-14-16-27(37)17-15-25)32(35(41)43-5-2)22(3)38-36(39)45-31/h6-20,33H,4-5,21H2,1-3H3/b31-20-/t33-/m1/s1. The second-order valence-electron chi connectivity index (χ2n) is 10.4. The molecule has 228 valence electrons. The zero-order valence-corrected chi connectivity index (χ0v) is 27.5. The van der Waals surface area contributed by atoms with E-state index in [1.807, 2.05) is 73.7 Å². The quantitative estimate of drug-likeness (QED) is 0.162. The minimum atomic E-state index is -0.667. The maximum absolute atomic E-state index is 14.0. The molecule has 0 fully saturated rings. The molecule has 0 unspecified atom stereocenters. The van der Waals surface area contributed by atoms with Gasteiger partial charge in [-0.3, -0.25) is 9.36 Å². The molecule has 5 aromatic rings. The van der Waals surface area contributed by atoms with Crippen molar-refractivity contribution in [1.29, 1.82) is 0 Å². The lowest BCUT2D eigenvalue weighted by atomic mass is 9.96. The summed E-state index contributed by atoms with van der Waals surface area (Å²) in [5.74, 6) is 0.724. The lowest BCUT2D eigenvalue weighted by Crippen LogP contribution is -2.39. The average molecular weight is 684 g/mol. The summed E-state index contributed by atoms with van der Waals surface area (Å²) in [6, 6.07) is 27.0. The third kappa shape index (κ3) is 6.23. The van der Waals surface area contributed by atoms with Crippen molar-refractivity contribution >= 4 is 50.1 Å². The zero-order chi connectivity index (χ0) is 31.5. The van der Waals surface area contributed by atoms with Crippen LogP contribution in [0.15, 0.2) is 110 Å². The van der Waals surface area contributed by atoms with Crippen LogP contribution in [0, 0.1) is 0 Å². The third-order valence-electron chi connectivity index (χ3n) is 7.53. The molecule has 0 radical (unpaired) electrons. The topological polar surface area (TPSA) is 79.1 Å². The van der Waals surface area contributed by atoms with Crippen LogP contribution in [-0.2, 0) is 16.1 Å². The van der Waals surface area contributed by atoms with E-state index in [0.29, 0.717) is 45.3 Å². The molecular formula is C36H31BrN2O5S. The van der Waals surface area contributed by atoms with Crippen LogP contribution < -0.4 is 24.4 Å².